The SMILES string of the molecule is Cc1nc(C2CN(c3cc(Cl)nc(C4CC4)n3)CCO2)n[nH]1. The normalized spacial score (nSPS) is 22.1. The predicted molar refractivity (Wildman–Crippen MR) is 81.0 cm³/mol. The Morgan fingerprint density at radius 3 is 2.86 bits per heavy atom. The fourth-order valence-corrected chi connectivity index (χ4v) is 2.81. The van der Waals surface area contributed by atoms with E-state index >= 15 is 0 Å². The Kier molecular flexibility index (Phi) is 3.46. The Morgan fingerprint density at radius 2 is 2.14 bits per heavy atom. The van der Waals surface area contributed by atoms with E-state index in [1.165, 1.54) is 0 Å². The molecule has 2 fully saturated rings. The summed E-state index contributed by atoms with van der Waals surface area (Å²) in [5, 5.41) is 7.55. The highest BCUT2D eigenvalue weighted by Gasteiger charge is 2.30. The Hall–Kier alpha value is -1.73. The van der Waals surface area contributed by atoms with Crippen LogP contribution in [0.3, 0.4) is 0 Å². The molecule has 2 aromatic rings. The van der Waals surface area contributed by atoms with Gasteiger partial charge in [0.1, 0.15) is 28.7 Å². The van der Waals surface area contributed by atoms with Crippen LogP contribution in [0.2, 0.25) is 5.15 Å². The first-order valence-electron chi connectivity index (χ1n) is 7.49. The van der Waals surface area contributed by atoms with Crippen LogP contribution in [0.4, 0.5) is 5.82 Å². The number of anilines is 1. The Bertz CT molecular complexity index is 686. The van der Waals surface area contributed by atoms with Crippen LogP contribution in [0.25, 0.3) is 0 Å². The van der Waals surface area contributed by atoms with Gasteiger partial charge in [-0.3, -0.25) is 5.10 Å². The van der Waals surface area contributed by atoms with Gasteiger partial charge in [0, 0.05) is 18.5 Å². The molecule has 0 amide bonds. The minimum absolute atomic E-state index is 0.156. The summed E-state index contributed by atoms with van der Waals surface area (Å²) in [6.45, 7) is 3.92. The predicted octanol–water partition coefficient (Wildman–Crippen LogP) is 2.01. The van der Waals surface area contributed by atoms with Crippen LogP contribution >= 0.6 is 11.6 Å². The van der Waals surface area contributed by atoms with Crippen molar-refractivity contribution in [2.24, 2.45) is 0 Å². The number of halogens is 1. The Morgan fingerprint density at radius 1 is 1.27 bits per heavy atom. The summed E-state index contributed by atoms with van der Waals surface area (Å²) in [5.74, 6) is 3.67. The third kappa shape index (κ3) is 2.78. The van der Waals surface area contributed by atoms with Crippen molar-refractivity contribution in [1.82, 2.24) is 25.1 Å². The minimum Gasteiger partial charge on any atom is -0.366 e. The highest BCUT2D eigenvalue weighted by atomic mass is 35.5. The fraction of sp³-hybridized carbons (Fsp3) is 0.571. The lowest BCUT2D eigenvalue weighted by Gasteiger charge is -2.32. The lowest BCUT2D eigenvalue weighted by molar-refractivity contribution is 0.0339. The highest BCUT2D eigenvalue weighted by molar-refractivity contribution is 6.29. The average Bonchev–Trinajstić information content (AvgIpc) is 3.29. The molecular formula is C14H17ClN6O. The molecule has 1 unspecified atom stereocenters. The van der Waals surface area contributed by atoms with E-state index in [-0.39, 0.29) is 6.10 Å². The third-order valence-electron chi connectivity index (χ3n) is 3.93. The number of hydrogen-bond donors (Lipinski definition) is 1. The van der Waals surface area contributed by atoms with Crippen molar-refractivity contribution in [3.8, 4) is 0 Å². The van der Waals surface area contributed by atoms with Crippen LogP contribution in [-0.4, -0.2) is 44.8 Å². The van der Waals surface area contributed by atoms with Crippen LogP contribution in [0, 0.1) is 6.92 Å². The third-order valence-corrected chi connectivity index (χ3v) is 4.13. The summed E-state index contributed by atoms with van der Waals surface area (Å²) < 4.78 is 5.79. The van der Waals surface area contributed by atoms with Crippen LogP contribution in [-0.2, 0) is 4.74 Å². The standard InChI is InChI=1S/C14H17ClN6O/c1-8-16-14(20-19-8)10-7-21(4-5-22-10)12-6-11(15)17-13(18-12)9-2-3-9/h6,9-10H,2-5,7H2,1H3,(H,16,19,20). The molecule has 1 saturated heterocycles. The summed E-state index contributed by atoms with van der Waals surface area (Å²) >= 11 is 6.16. The van der Waals surface area contributed by atoms with E-state index in [0.29, 0.717) is 30.0 Å². The van der Waals surface area contributed by atoms with E-state index in [0.717, 1.165) is 36.9 Å². The number of aromatic amines is 1. The van der Waals surface area contributed by atoms with Crippen molar-refractivity contribution < 1.29 is 4.74 Å². The number of morpholine rings is 1. The Labute approximate surface area is 133 Å². The molecule has 1 N–H and O–H groups in total. The number of aromatic nitrogens is 5. The van der Waals surface area contributed by atoms with Gasteiger partial charge >= 0.3 is 0 Å². The summed E-state index contributed by atoms with van der Waals surface area (Å²) in [6.07, 6.45) is 2.15. The van der Waals surface area contributed by atoms with Gasteiger partial charge in [0.15, 0.2) is 5.82 Å². The first-order chi connectivity index (χ1) is 10.7. The van der Waals surface area contributed by atoms with Crippen molar-refractivity contribution in [1.29, 1.82) is 0 Å². The van der Waals surface area contributed by atoms with Gasteiger partial charge in [-0.2, -0.15) is 5.10 Å². The van der Waals surface area contributed by atoms with Crippen LogP contribution in [0.15, 0.2) is 6.07 Å². The molecule has 0 spiro atoms. The van der Waals surface area contributed by atoms with Crippen molar-refractivity contribution in [3.05, 3.63) is 28.7 Å². The summed E-state index contributed by atoms with van der Waals surface area (Å²) in [7, 11) is 0. The molecule has 22 heavy (non-hydrogen) atoms. The van der Waals surface area contributed by atoms with Crippen LogP contribution in [0.5, 0.6) is 0 Å². The number of rotatable bonds is 3. The molecule has 1 saturated carbocycles. The molecule has 7 nitrogen and oxygen atoms in total. The molecule has 0 radical (unpaired) electrons. The minimum atomic E-state index is -0.156. The van der Waals surface area contributed by atoms with Gasteiger partial charge in [-0.05, 0) is 19.8 Å². The number of nitrogens with one attached hydrogen (secondary N) is 1. The highest BCUT2D eigenvalue weighted by Crippen LogP contribution is 2.39. The van der Waals surface area contributed by atoms with Gasteiger partial charge in [-0.25, -0.2) is 15.0 Å². The molecule has 2 aromatic heterocycles. The van der Waals surface area contributed by atoms with E-state index in [1.807, 2.05) is 13.0 Å². The van der Waals surface area contributed by atoms with E-state index in [4.69, 9.17) is 16.3 Å². The second-order valence-electron chi connectivity index (χ2n) is 5.77. The van der Waals surface area contributed by atoms with Gasteiger partial charge in [0.05, 0.1) is 13.2 Å². The maximum absolute atomic E-state index is 6.16. The molecule has 2 aliphatic rings. The summed E-state index contributed by atoms with van der Waals surface area (Å²) in [5.41, 5.74) is 0. The molecule has 4 rings (SSSR count). The molecule has 1 atom stereocenters. The van der Waals surface area contributed by atoms with Crippen molar-refractivity contribution in [3.63, 3.8) is 0 Å². The zero-order valence-corrected chi connectivity index (χ0v) is 13.0. The van der Waals surface area contributed by atoms with Crippen molar-refractivity contribution >= 4 is 17.4 Å². The lowest BCUT2D eigenvalue weighted by atomic mass is 10.2. The Balaban J connectivity index is 1.57. The fourth-order valence-electron chi connectivity index (χ4n) is 2.63. The van der Waals surface area contributed by atoms with Gasteiger partial charge < -0.3 is 9.64 Å². The molecule has 1 aliphatic heterocycles. The quantitative estimate of drug-likeness (QED) is 0.871. The van der Waals surface area contributed by atoms with E-state index in [2.05, 4.69) is 30.0 Å². The van der Waals surface area contributed by atoms with E-state index in [1.54, 1.807) is 0 Å². The smallest absolute Gasteiger partial charge is 0.181 e. The van der Waals surface area contributed by atoms with Gasteiger partial charge in [0.2, 0.25) is 0 Å². The number of nitrogens with zero attached hydrogens (tertiary/aromatic N) is 5. The monoisotopic (exact) mass is 320 g/mol. The maximum atomic E-state index is 6.16. The topological polar surface area (TPSA) is 79.8 Å². The molecule has 8 heteroatoms. The number of hydrogen-bond acceptors (Lipinski definition) is 6. The van der Waals surface area contributed by atoms with Gasteiger partial charge in [-0.15, -0.1) is 0 Å². The van der Waals surface area contributed by atoms with E-state index < -0.39 is 0 Å². The zero-order valence-electron chi connectivity index (χ0n) is 12.3. The lowest BCUT2D eigenvalue weighted by Crippen LogP contribution is -2.39. The molecule has 116 valence electrons. The van der Waals surface area contributed by atoms with Crippen molar-refractivity contribution in [2.45, 2.75) is 31.8 Å². The molecular weight excluding hydrogens is 304 g/mol. The largest absolute Gasteiger partial charge is 0.366 e. The number of H-pyrrole nitrogens is 1. The maximum Gasteiger partial charge on any atom is 0.181 e. The molecule has 0 bridgehead atoms. The first-order valence-corrected chi connectivity index (χ1v) is 7.87. The second-order valence-corrected chi connectivity index (χ2v) is 6.15. The zero-order chi connectivity index (χ0) is 15.1. The van der Waals surface area contributed by atoms with Gasteiger partial charge in [0.25, 0.3) is 0 Å². The second kappa shape index (κ2) is 5.48. The van der Waals surface area contributed by atoms with Crippen LogP contribution < -0.4 is 4.90 Å². The van der Waals surface area contributed by atoms with Crippen molar-refractivity contribution in [2.75, 3.05) is 24.6 Å². The first kappa shape index (κ1) is 13.9. The molecule has 1 aliphatic carbocycles. The summed E-state index contributed by atoms with van der Waals surface area (Å²) in [6, 6.07) is 1.82. The molecule has 0 aromatic carbocycles. The van der Waals surface area contributed by atoms with Crippen LogP contribution in [0.1, 0.15) is 42.3 Å². The number of ether oxygens (including phenoxy) is 1. The average molecular weight is 321 g/mol. The van der Waals surface area contributed by atoms with Gasteiger partial charge in [-0.1, -0.05) is 11.6 Å². The molecule has 3 heterocycles. The summed E-state index contributed by atoms with van der Waals surface area (Å²) in [4.78, 5) is 15.5. The van der Waals surface area contributed by atoms with E-state index in [9.17, 15) is 0 Å². The number of aryl methyl sites for hydroxylation is 1.